The van der Waals surface area contributed by atoms with Crippen molar-refractivity contribution in [3.05, 3.63) is 53.6 Å². The highest BCUT2D eigenvalue weighted by Crippen LogP contribution is 2.43. The van der Waals surface area contributed by atoms with Crippen molar-refractivity contribution < 1.29 is 32.5 Å². The van der Waals surface area contributed by atoms with E-state index in [0.29, 0.717) is 62.4 Å². The van der Waals surface area contributed by atoms with Gasteiger partial charge < -0.3 is 19.5 Å². The normalized spacial score (nSPS) is 19.2. The number of benzene rings is 2. The number of nitrogens with zero attached hydrogens (tertiary/aromatic N) is 2. The summed E-state index contributed by atoms with van der Waals surface area (Å²) in [5.74, 6) is 0.351. The number of aliphatic hydroxyl groups is 1. The molecule has 1 aliphatic heterocycles. The molecule has 1 saturated heterocycles. The van der Waals surface area contributed by atoms with E-state index in [1.807, 2.05) is 39.0 Å². The predicted octanol–water partition coefficient (Wildman–Crippen LogP) is 6.71. The van der Waals surface area contributed by atoms with Crippen LogP contribution in [-0.4, -0.2) is 72.0 Å². The molecule has 220 valence electrons. The van der Waals surface area contributed by atoms with Gasteiger partial charge in [0.1, 0.15) is 11.4 Å². The van der Waals surface area contributed by atoms with Crippen LogP contribution in [0.3, 0.4) is 0 Å². The van der Waals surface area contributed by atoms with Crippen LogP contribution in [0.5, 0.6) is 5.75 Å². The molecular weight excluding hydrogens is 521 g/mol. The molecule has 2 fully saturated rings. The summed E-state index contributed by atoms with van der Waals surface area (Å²) in [5, 5.41) is 11.9. The number of methoxy groups -OCH3 is 1. The van der Waals surface area contributed by atoms with Gasteiger partial charge in [-0.1, -0.05) is 37.5 Å². The topological polar surface area (TPSA) is 62.2 Å². The van der Waals surface area contributed by atoms with Crippen molar-refractivity contribution in [2.24, 2.45) is 0 Å². The predicted molar refractivity (Wildman–Crippen MR) is 148 cm³/mol. The van der Waals surface area contributed by atoms with E-state index in [0.717, 1.165) is 37.0 Å². The molecule has 9 heteroatoms. The second-order valence-corrected chi connectivity index (χ2v) is 12.0. The molecule has 2 aliphatic rings. The summed E-state index contributed by atoms with van der Waals surface area (Å²) in [4.78, 5) is 16.5. The van der Waals surface area contributed by atoms with Crippen LogP contribution in [0.2, 0.25) is 0 Å². The molecule has 0 radical (unpaired) electrons. The van der Waals surface area contributed by atoms with Gasteiger partial charge in [-0.15, -0.1) is 0 Å². The molecule has 1 unspecified atom stereocenters. The minimum Gasteiger partial charge on any atom is -0.496 e. The number of ether oxygens (including phenoxy) is 2. The van der Waals surface area contributed by atoms with Gasteiger partial charge in [-0.2, -0.15) is 13.2 Å². The molecule has 40 heavy (non-hydrogen) atoms. The van der Waals surface area contributed by atoms with E-state index in [9.17, 15) is 23.1 Å². The summed E-state index contributed by atoms with van der Waals surface area (Å²) in [6.07, 6.45) is -0.362. The van der Waals surface area contributed by atoms with Gasteiger partial charge in [0, 0.05) is 44.2 Å². The van der Waals surface area contributed by atoms with Gasteiger partial charge in [0.15, 0.2) is 0 Å². The number of halogens is 3. The number of piperazine rings is 1. The zero-order valence-electron chi connectivity index (χ0n) is 23.9. The van der Waals surface area contributed by atoms with Crippen LogP contribution in [0.15, 0.2) is 42.5 Å². The second kappa shape index (κ2) is 12.0. The van der Waals surface area contributed by atoms with E-state index in [-0.39, 0.29) is 12.0 Å². The largest absolute Gasteiger partial charge is 0.496 e. The molecular formula is C31H41F3N2O4. The van der Waals surface area contributed by atoms with E-state index >= 15 is 0 Å². The fourth-order valence-corrected chi connectivity index (χ4v) is 5.80. The summed E-state index contributed by atoms with van der Waals surface area (Å²) in [7, 11) is 1.54. The lowest BCUT2D eigenvalue weighted by molar-refractivity contribution is -0.137. The average molecular weight is 563 g/mol. The van der Waals surface area contributed by atoms with Crippen LogP contribution in [-0.2, 0) is 10.9 Å². The minimum atomic E-state index is -4.41. The number of hydrogen-bond acceptors (Lipinski definition) is 5. The summed E-state index contributed by atoms with van der Waals surface area (Å²) < 4.78 is 50.6. The molecule has 1 amide bonds. The molecule has 1 saturated carbocycles. The highest BCUT2D eigenvalue weighted by atomic mass is 19.4. The van der Waals surface area contributed by atoms with Crippen molar-refractivity contribution in [3.63, 3.8) is 0 Å². The molecule has 4 rings (SSSR count). The highest BCUT2D eigenvalue weighted by molar-refractivity contribution is 5.72. The van der Waals surface area contributed by atoms with E-state index in [1.54, 1.807) is 12.0 Å². The van der Waals surface area contributed by atoms with Gasteiger partial charge in [-0.3, -0.25) is 4.90 Å². The maximum absolute atomic E-state index is 13.2. The summed E-state index contributed by atoms with van der Waals surface area (Å²) in [6.45, 7) is 8.57. The van der Waals surface area contributed by atoms with Gasteiger partial charge in [0.2, 0.25) is 0 Å². The summed E-state index contributed by atoms with van der Waals surface area (Å²) in [6, 6.07) is 10.8. The van der Waals surface area contributed by atoms with E-state index in [2.05, 4.69) is 4.90 Å². The third kappa shape index (κ3) is 7.29. The Labute approximate surface area is 235 Å². The third-order valence-corrected chi connectivity index (χ3v) is 7.98. The SMILES string of the molecule is COc1ccc(C(CN2CCN(C(=O)OC(C)(C)C)CC2)C2(O)CCCCC2)cc1-c1ccc(C(F)(F)F)cc1. The maximum atomic E-state index is 13.2. The number of carbonyl (C=O) groups excluding carboxylic acids is 1. The molecule has 0 aromatic heterocycles. The number of carbonyl (C=O) groups is 1. The lowest BCUT2D eigenvalue weighted by Crippen LogP contribution is -2.52. The summed E-state index contributed by atoms with van der Waals surface area (Å²) >= 11 is 0. The molecule has 2 aromatic rings. The number of amides is 1. The fraction of sp³-hybridized carbons (Fsp3) is 0.581. The van der Waals surface area contributed by atoms with Crippen LogP contribution < -0.4 is 4.74 Å². The van der Waals surface area contributed by atoms with Crippen LogP contribution in [0, 0.1) is 0 Å². The van der Waals surface area contributed by atoms with Gasteiger partial charge in [0.05, 0.1) is 18.3 Å². The van der Waals surface area contributed by atoms with Crippen molar-refractivity contribution in [2.45, 2.75) is 76.2 Å². The fourth-order valence-electron chi connectivity index (χ4n) is 5.80. The zero-order valence-corrected chi connectivity index (χ0v) is 23.9. The molecule has 0 bridgehead atoms. The van der Waals surface area contributed by atoms with Crippen LogP contribution in [0.1, 0.15) is 69.9 Å². The Bertz CT molecular complexity index is 1150. The Morgan fingerprint density at radius 3 is 2.15 bits per heavy atom. The minimum absolute atomic E-state index is 0.208. The Balaban J connectivity index is 1.59. The molecule has 1 atom stereocenters. The second-order valence-electron chi connectivity index (χ2n) is 12.0. The van der Waals surface area contributed by atoms with E-state index in [1.165, 1.54) is 12.1 Å². The number of alkyl halides is 3. The van der Waals surface area contributed by atoms with Gasteiger partial charge in [-0.25, -0.2) is 4.79 Å². The average Bonchev–Trinajstić information content (AvgIpc) is 2.90. The van der Waals surface area contributed by atoms with Crippen LogP contribution in [0.25, 0.3) is 11.1 Å². The Morgan fingerprint density at radius 1 is 0.975 bits per heavy atom. The van der Waals surface area contributed by atoms with E-state index < -0.39 is 22.9 Å². The van der Waals surface area contributed by atoms with Crippen molar-refractivity contribution in [1.29, 1.82) is 0 Å². The number of hydrogen-bond donors (Lipinski definition) is 1. The quantitative estimate of drug-likeness (QED) is 0.424. The van der Waals surface area contributed by atoms with Crippen molar-refractivity contribution >= 4 is 6.09 Å². The first-order valence-corrected chi connectivity index (χ1v) is 14.1. The van der Waals surface area contributed by atoms with Crippen LogP contribution in [0.4, 0.5) is 18.0 Å². The first kappa shape index (κ1) is 30.2. The third-order valence-electron chi connectivity index (χ3n) is 7.98. The van der Waals surface area contributed by atoms with Crippen molar-refractivity contribution in [1.82, 2.24) is 9.80 Å². The Kier molecular flexibility index (Phi) is 9.05. The van der Waals surface area contributed by atoms with Crippen molar-refractivity contribution in [3.8, 4) is 16.9 Å². The highest BCUT2D eigenvalue weighted by Gasteiger charge is 2.40. The zero-order chi connectivity index (χ0) is 29.1. The lowest BCUT2D eigenvalue weighted by atomic mass is 9.72. The standard InChI is InChI=1S/C31H41F3N2O4/c1-29(2,3)40-28(37)36-18-16-35(17-19-36)21-26(30(38)14-6-5-7-15-30)23-10-13-27(39-4)25(20-23)22-8-11-24(12-9-22)31(32,33)34/h8-13,20,26,38H,5-7,14-19,21H2,1-4H3. The van der Waals surface area contributed by atoms with Crippen molar-refractivity contribution in [2.75, 3.05) is 39.8 Å². The lowest BCUT2D eigenvalue weighted by Gasteiger charge is -2.43. The van der Waals surface area contributed by atoms with Gasteiger partial charge in [-0.05, 0) is 69.0 Å². The first-order chi connectivity index (χ1) is 18.8. The molecule has 0 spiro atoms. The smallest absolute Gasteiger partial charge is 0.416 e. The first-order valence-electron chi connectivity index (χ1n) is 14.1. The summed E-state index contributed by atoms with van der Waals surface area (Å²) in [5.41, 5.74) is 0.0795. The molecule has 1 N–H and O–H groups in total. The van der Waals surface area contributed by atoms with E-state index in [4.69, 9.17) is 9.47 Å². The maximum Gasteiger partial charge on any atom is 0.416 e. The Hall–Kier alpha value is -2.78. The van der Waals surface area contributed by atoms with Crippen LogP contribution >= 0.6 is 0 Å². The monoisotopic (exact) mass is 562 g/mol. The molecule has 2 aromatic carbocycles. The number of rotatable bonds is 6. The molecule has 6 nitrogen and oxygen atoms in total. The Morgan fingerprint density at radius 2 is 1.60 bits per heavy atom. The molecule has 1 aliphatic carbocycles. The van der Waals surface area contributed by atoms with Gasteiger partial charge >= 0.3 is 12.3 Å². The molecule has 1 heterocycles. The van der Waals surface area contributed by atoms with Gasteiger partial charge in [0.25, 0.3) is 0 Å².